The van der Waals surface area contributed by atoms with Gasteiger partial charge in [0.25, 0.3) is 5.91 Å². The Balaban J connectivity index is 1.89. The van der Waals surface area contributed by atoms with Crippen LogP contribution >= 0.6 is 12.2 Å². The zero-order chi connectivity index (χ0) is 18.5. The third kappa shape index (κ3) is 4.38. The predicted octanol–water partition coefficient (Wildman–Crippen LogP) is 3.18. The summed E-state index contributed by atoms with van der Waals surface area (Å²) in [7, 11) is 0. The van der Waals surface area contributed by atoms with E-state index in [0.29, 0.717) is 23.3 Å². The Labute approximate surface area is 158 Å². The van der Waals surface area contributed by atoms with Crippen LogP contribution in [0.3, 0.4) is 0 Å². The quantitative estimate of drug-likeness (QED) is 0.795. The fraction of sp³-hybridized carbons (Fsp3) is 0.350. The number of carbonyl (C=O) groups is 1. The van der Waals surface area contributed by atoms with Crippen molar-refractivity contribution in [3.63, 3.8) is 0 Å². The van der Waals surface area contributed by atoms with Gasteiger partial charge in [0.2, 0.25) is 5.56 Å². The van der Waals surface area contributed by atoms with Crippen LogP contribution in [0.1, 0.15) is 42.1 Å². The van der Waals surface area contributed by atoms with Crippen molar-refractivity contribution < 1.29 is 4.79 Å². The molecule has 1 aliphatic carbocycles. The van der Waals surface area contributed by atoms with Crippen LogP contribution in [0, 0.1) is 0 Å². The molecule has 6 heteroatoms. The first-order valence-corrected chi connectivity index (χ1v) is 9.36. The highest BCUT2D eigenvalue weighted by Crippen LogP contribution is 2.29. The van der Waals surface area contributed by atoms with Gasteiger partial charge in [0, 0.05) is 30.4 Å². The summed E-state index contributed by atoms with van der Waals surface area (Å²) >= 11 is 5.74. The summed E-state index contributed by atoms with van der Waals surface area (Å²) in [5.41, 5.74) is 1.28. The fourth-order valence-electron chi connectivity index (χ4n) is 2.90. The lowest BCUT2D eigenvalue weighted by atomic mass is 10.2. The summed E-state index contributed by atoms with van der Waals surface area (Å²) < 4.78 is 0. The summed E-state index contributed by atoms with van der Waals surface area (Å²) in [4.78, 5) is 30.9. The minimum absolute atomic E-state index is 0.122. The van der Waals surface area contributed by atoms with Crippen molar-refractivity contribution in [3.05, 3.63) is 70.1 Å². The van der Waals surface area contributed by atoms with Gasteiger partial charge in [0.15, 0.2) is 5.11 Å². The highest BCUT2D eigenvalue weighted by molar-refractivity contribution is 7.80. The van der Waals surface area contributed by atoms with Gasteiger partial charge in [-0.05, 0) is 49.2 Å². The molecule has 1 saturated carbocycles. The second-order valence-electron chi connectivity index (χ2n) is 6.53. The van der Waals surface area contributed by atoms with Gasteiger partial charge >= 0.3 is 0 Å². The molecule has 3 rings (SSSR count). The zero-order valence-corrected chi connectivity index (χ0v) is 15.7. The Morgan fingerprint density at radius 3 is 2.50 bits per heavy atom. The molecule has 1 amide bonds. The van der Waals surface area contributed by atoms with Crippen molar-refractivity contribution in [2.45, 2.75) is 38.8 Å². The van der Waals surface area contributed by atoms with E-state index in [0.717, 1.165) is 31.4 Å². The Bertz CT molecular complexity index is 810. The minimum Gasteiger partial charge on any atom is -0.346 e. The van der Waals surface area contributed by atoms with Gasteiger partial charge in [-0.2, -0.15) is 0 Å². The van der Waals surface area contributed by atoms with Gasteiger partial charge in [-0.1, -0.05) is 31.2 Å². The molecule has 1 N–H and O–H groups in total. The van der Waals surface area contributed by atoms with E-state index in [1.807, 2.05) is 18.2 Å². The lowest BCUT2D eigenvalue weighted by Crippen LogP contribution is -2.47. The molecular formula is C20H23N3O2S. The first kappa shape index (κ1) is 18.3. The molecule has 0 unspecified atom stereocenters. The number of hydrogen-bond acceptors (Lipinski definition) is 3. The monoisotopic (exact) mass is 369 g/mol. The number of thiocarbonyl (C=S) groups is 1. The molecule has 1 aromatic heterocycles. The third-order valence-corrected chi connectivity index (χ3v) is 4.84. The standard InChI is InChI=1S/C20H23N3O2S/c1-2-12-22(17-9-10-17)20(26)23(14-15-8-11-18(24)21-13-15)19(25)16-6-4-3-5-7-16/h3-8,11,13,17H,2,9-10,12,14H2,1H3,(H,21,24). The number of nitrogens with one attached hydrogen (secondary N) is 1. The molecule has 136 valence electrons. The van der Waals surface area contributed by atoms with E-state index in [-0.39, 0.29) is 11.5 Å². The Kier molecular flexibility index (Phi) is 5.83. The van der Waals surface area contributed by atoms with Crippen LogP contribution in [-0.2, 0) is 6.54 Å². The van der Waals surface area contributed by atoms with E-state index in [2.05, 4.69) is 16.8 Å². The maximum absolute atomic E-state index is 13.1. The van der Waals surface area contributed by atoms with E-state index < -0.39 is 0 Å². The molecule has 0 saturated heterocycles. The first-order chi connectivity index (χ1) is 12.6. The maximum Gasteiger partial charge on any atom is 0.260 e. The van der Waals surface area contributed by atoms with Gasteiger partial charge < -0.3 is 9.88 Å². The number of aromatic amines is 1. The normalized spacial score (nSPS) is 13.3. The van der Waals surface area contributed by atoms with Crippen molar-refractivity contribution >= 4 is 23.2 Å². The molecular weight excluding hydrogens is 346 g/mol. The van der Waals surface area contributed by atoms with Crippen molar-refractivity contribution in [1.29, 1.82) is 0 Å². The summed E-state index contributed by atoms with van der Waals surface area (Å²) in [6.07, 6.45) is 4.85. The molecule has 2 aromatic rings. The average molecular weight is 369 g/mol. The maximum atomic E-state index is 13.1. The zero-order valence-electron chi connectivity index (χ0n) is 14.9. The number of aromatic nitrogens is 1. The van der Waals surface area contributed by atoms with Gasteiger partial charge in [-0.15, -0.1) is 0 Å². The van der Waals surface area contributed by atoms with Gasteiger partial charge in [-0.3, -0.25) is 14.5 Å². The average Bonchev–Trinajstić information content (AvgIpc) is 3.50. The van der Waals surface area contributed by atoms with E-state index in [1.54, 1.807) is 29.3 Å². The van der Waals surface area contributed by atoms with E-state index in [1.165, 1.54) is 6.07 Å². The highest BCUT2D eigenvalue weighted by Gasteiger charge is 2.34. The topological polar surface area (TPSA) is 56.4 Å². The highest BCUT2D eigenvalue weighted by atomic mass is 32.1. The van der Waals surface area contributed by atoms with E-state index in [9.17, 15) is 9.59 Å². The molecule has 1 aromatic carbocycles. The van der Waals surface area contributed by atoms with Crippen LogP contribution < -0.4 is 5.56 Å². The number of benzene rings is 1. The Morgan fingerprint density at radius 2 is 1.92 bits per heavy atom. The van der Waals surface area contributed by atoms with Gasteiger partial charge in [-0.25, -0.2) is 0 Å². The van der Waals surface area contributed by atoms with E-state index >= 15 is 0 Å². The molecule has 0 bridgehead atoms. The second-order valence-corrected chi connectivity index (χ2v) is 6.89. The summed E-state index contributed by atoms with van der Waals surface area (Å²) in [5.74, 6) is -0.122. The van der Waals surface area contributed by atoms with Crippen LogP contribution in [0.5, 0.6) is 0 Å². The van der Waals surface area contributed by atoms with Crippen LogP contribution in [-0.4, -0.2) is 38.4 Å². The van der Waals surface area contributed by atoms with E-state index in [4.69, 9.17) is 12.2 Å². The molecule has 5 nitrogen and oxygen atoms in total. The van der Waals surface area contributed by atoms with Crippen LogP contribution in [0.15, 0.2) is 53.5 Å². The van der Waals surface area contributed by atoms with Crippen LogP contribution in [0.4, 0.5) is 0 Å². The predicted molar refractivity (Wildman–Crippen MR) is 106 cm³/mol. The lowest BCUT2D eigenvalue weighted by Gasteiger charge is -2.32. The summed E-state index contributed by atoms with van der Waals surface area (Å²) in [5, 5.41) is 0.564. The molecule has 1 aliphatic rings. The summed E-state index contributed by atoms with van der Waals surface area (Å²) in [6, 6.07) is 12.8. The van der Waals surface area contributed by atoms with Crippen molar-refractivity contribution in [2.75, 3.05) is 6.54 Å². The largest absolute Gasteiger partial charge is 0.346 e. The van der Waals surface area contributed by atoms with Crippen molar-refractivity contribution in [1.82, 2.24) is 14.8 Å². The Hall–Kier alpha value is -2.47. The number of amides is 1. The SMILES string of the molecule is CCCN(C(=S)N(Cc1ccc(=O)[nH]c1)C(=O)c1ccccc1)C1CC1. The van der Waals surface area contributed by atoms with Crippen molar-refractivity contribution in [3.8, 4) is 0 Å². The lowest BCUT2D eigenvalue weighted by molar-refractivity contribution is 0.0825. The number of pyridine rings is 1. The first-order valence-electron chi connectivity index (χ1n) is 8.95. The number of nitrogens with zero attached hydrogens (tertiary/aromatic N) is 2. The minimum atomic E-state index is -0.164. The number of hydrogen-bond donors (Lipinski definition) is 1. The molecule has 0 aliphatic heterocycles. The smallest absolute Gasteiger partial charge is 0.260 e. The molecule has 0 radical (unpaired) electrons. The molecule has 0 atom stereocenters. The second kappa shape index (κ2) is 8.27. The number of carbonyl (C=O) groups excluding carboxylic acids is 1. The van der Waals surface area contributed by atoms with Crippen LogP contribution in [0.2, 0.25) is 0 Å². The fourth-order valence-corrected chi connectivity index (χ4v) is 3.29. The molecule has 1 heterocycles. The number of H-pyrrole nitrogens is 1. The van der Waals surface area contributed by atoms with Gasteiger partial charge in [0.05, 0.1) is 6.54 Å². The molecule has 0 spiro atoms. The Morgan fingerprint density at radius 1 is 1.19 bits per heavy atom. The number of rotatable bonds is 6. The van der Waals surface area contributed by atoms with Crippen LogP contribution in [0.25, 0.3) is 0 Å². The van der Waals surface area contributed by atoms with Gasteiger partial charge in [0.1, 0.15) is 0 Å². The molecule has 1 fully saturated rings. The molecule has 26 heavy (non-hydrogen) atoms. The summed E-state index contributed by atoms with van der Waals surface area (Å²) in [6.45, 7) is 3.28. The third-order valence-electron chi connectivity index (χ3n) is 4.38. The van der Waals surface area contributed by atoms with Crippen molar-refractivity contribution in [2.24, 2.45) is 0 Å².